The maximum Gasteiger partial charge on any atom is 0.129 e. The fourth-order valence-corrected chi connectivity index (χ4v) is 4.13. The molecule has 2 nitrogen and oxygen atoms in total. The highest BCUT2D eigenvalue weighted by molar-refractivity contribution is 7.99. The maximum atomic E-state index is 9.79. The van der Waals surface area contributed by atoms with Crippen molar-refractivity contribution in [1.29, 1.82) is 0 Å². The van der Waals surface area contributed by atoms with Gasteiger partial charge in [-0.15, -0.1) is 11.8 Å². The Morgan fingerprint density at radius 1 is 0.741 bits per heavy atom. The summed E-state index contributed by atoms with van der Waals surface area (Å²) in [4.78, 5) is 0.964. The normalized spacial score (nSPS) is 11.0. The number of aromatic hydroxyl groups is 1. The van der Waals surface area contributed by atoms with Crippen LogP contribution in [0.25, 0.3) is 0 Å². The van der Waals surface area contributed by atoms with Crippen molar-refractivity contribution in [2.24, 2.45) is 0 Å². The van der Waals surface area contributed by atoms with E-state index < -0.39 is 0 Å². The SMILES string of the molecule is Oc1ccccc1SCCCNCCC(c1ccccc1)c1ccccc1. The van der Waals surface area contributed by atoms with E-state index in [1.165, 1.54) is 11.1 Å². The molecule has 27 heavy (non-hydrogen) atoms. The van der Waals surface area contributed by atoms with Gasteiger partial charge in [0.25, 0.3) is 0 Å². The van der Waals surface area contributed by atoms with E-state index in [1.54, 1.807) is 17.8 Å². The van der Waals surface area contributed by atoms with Crippen LogP contribution in [0.3, 0.4) is 0 Å². The molecular formula is C24H27NOS. The van der Waals surface area contributed by atoms with Crippen LogP contribution in [-0.4, -0.2) is 23.9 Å². The molecule has 0 unspecified atom stereocenters. The van der Waals surface area contributed by atoms with Crippen LogP contribution in [0.1, 0.15) is 29.9 Å². The lowest BCUT2D eigenvalue weighted by Crippen LogP contribution is -2.19. The van der Waals surface area contributed by atoms with E-state index in [2.05, 4.69) is 66.0 Å². The van der Waals surface area contributed by atoms with Gasteiger partial charge >= 0.3 is 0 Å². The summed E-state index contributed by atoms with van der Waals surface area (Å²) in [5.74, 6) is 1.81. The molecule has 0 aromatic heterocycles. The Balaban J connectivity index is 1.43. The Morgan fingerprint density at radius 2 is 1.33 bits per heavy atom. The third-order valence-corrected chi connectivity index (χ3v) is 5.78. The minimum atomic E-state index is 0.379. The van der Waals surface area contributed by atoms with Crippen molar-refractivity contribution in [3.63, 3.8) is 0 Å². The van der Waals surface area contributed by atoms with Crippen LogP contribution in [0.2, 0.25) is 0 Å². The van der Waals surface area contributed by atoms with Crippen LogP contribution in [0.4, 0.5) is 0 Å². The Bertz CT molecular complexity index is 752. The summed E-state index contributed by atoms with van der Waals surface area (Å²) in [6, 6.07) is 29.1. The Kier molecular flexibility index (Phi) is 7.82. The first-order valence-corrected chi connectivity index (χ1v) is 10.5. The van der Waals surface area contributed by atoms with Crippen LogP contribution in [0.15, 0.2) is 89.8 Å². The third kappa shape index (κ3) is 6.16. The molecule has 0 atom stereocenters. The summed E-state index contributed by atoms with van der Waals surface area (Å²) in [7, 11) is 0. The summed E-state index contributed by atoms with van der Waals surface area (Å²) in [5.41, 5.74) is 2.75. The fourth-order valence-electron chi connectivity index (χ4n) is 3.23. The van der Waals surface area contributed by atoms with E-state index in [9.17, 15) is 5.11 Å². The average molecular weight is 378 g/mol. The second-order valence-electron chi connectivity index (χ2n) is 6.58. The molecule has 3 rings (SSSR count). The summed E-state index contributed by atoms with van der Waals surface area (Å²) in [5, 5.41) is 13.4. The van der Waals surface area contributed by atoms with Crippen molar-refractivity contribution in [2.45, 2.75) is 23.7 Å². The number of para-hydroxylation sites is 1. The largest absolute Gasteiger partial charge is 0.507 e. The zero-order valence-corrected chi connectivity index (χ0v) is 16.4. The molecule has 2 N–H and O–H groups in total. The van der Waals surface area contributed by atoms with Crippen molar-refractivity contribution in [2.75, 3.05) is 18.8 Å². The molecule has 0 amide bonds. The number of nitrogens with one attached hydrogen (secondary N) is 1. The number of hydrogen-bond donors (Lipinski definition) is 2. The molecule has 3 aromatic carbocycles. The van der Waals surface area contributed by atoms with Crippen LogP contribution < -0.4 is 5.32 Å². The van der Waals surface area contributed by atoms with Crippen molar-refractivity contribution < 1.29 is 5.11 Å². The summed E-state index contributed by atoms with van der Waals surface area (Å²) >= 11 is 1.72. The van der Waals surface area contributed by atoms with Crippen molar-refractivity contribution >= 4 is 11.8 Å². The Morgan fingerprint density at radius 3 is 1.96 bits per heavy atom. The highest BCUT2D eigenvalue weighted by atomic mass is 32.2. The highest BCUT2D eigenvalue weighted by Crippen LogP contribution is 2.28. The molecule has 0 heterocycles. The minimum absolute atomic E-state index is 0.379. The first kappa shape index (κ1) is 19.5. The molecule has 0 saturated heterocycles. The fraction of sp³-hybridized carbons (Fsp3) is 0.250. The molecular weight excluding hydrogens is 350 g/mol. The van der Waals surface area contributed by atoms with Crippen LogP contribution in [0.5, 0.6) is 5.75 Å². The lowest BCUT2D eigenvalue weighted by Gasteiger charge is -2.18. The van der Waals surface area contributed by atoms with E-state index in [-0.39, 0.29) is 0 Å². The number of benzene rings is 3. The summed E-state index contributed by atoms with van der Waals surface area (Å²) in [6.45, 7) is 1.99. The second-order valence-corrected chi connectivity index (χ2v) is 7.72. The van der Waals surface area contributed by atoms with Gasteiger partial charge in [0.05, 0.1) is 0 Å². The van der Waals surface area contributed by atoms with Crippen LogP contribution in [-0.2, 0) is 0 Å². The quantitative estimate of drug-likeness (QED) is 0.352. The Labute approximate surface area is 166 Å². The van der Waals surface area contributed by atoms with E-state index in [4.69, 9.17) is 0 Å². The molecule has 0 fully saturated rings. The maximum absolute atomic E-state index is 9.79. The molecule has 0 bridgehead atoms. The molecule has 0 spiro atoms. The number of rotatable bonds is 10. The average Bonchev–Trinajstić information content (AvgIpc) is 2.72. The molecule has 3 aromatic rings. The van der Waals surface area contributed by atoms with Gasteiger partial charge in [-0.25, -0.2) is 0 Å². The summed E-state index contributed by atoms with van der Waals surface area (Å²) in [6.07, 6.45) is 2.17. The van der Waals surface area contributed by atoms with Crippen LogP contribution in [0, 0.1) is 0 Å². The van der Waals surface area contributed by atoms with Crippen LogP contribution >= 0.6 is 11.8 Å². The molecule has 3 heteroatoms. The molecule has 0 radical (unpaired) electrons. The number of thioether (sulfide) groups is 1. The molecule has 0 aliphatic carbocycles. The number of phenols is 1. The monoisotopic (exact) mass is 377 g/mol. The summed E-state index contributed by atoms with van der Waals surface area (Å²) < 4.78 is 0. The zero-order chi connectivity index (χ0) is 18.7. The van der Waals surface area contributed by atoms with Gasteiger partial charge in [0.1, 0.15) is 5.75 Å². The predicted octanol–water partition coefficient (Wildman–Crippen LogP) is 5.69. The number of phenolic OH excluding ortho intramolecular Hbond substituents is 1. The second kappa shape index (κ2) is 10.8. The van der Waals surface area contributed by atoms with E-state index in [0.29, 0.717) is 11.7 Å². The topological polar surface area (TPSA) is 32.3 Å². The lowest BCUT2D eigenvalue weighted by atomic mass is 9.88. The van der Waals surface area contributed by atoms with Crippen molar-refractivity contribution in [1.82, 2.24) is 5.32 Å². The lowest BCUT2D eigenvalue weighted by molar-refractivity contribution is 0.462. The van der Waals surface area contributed by atoms with Gasteiger partial charge in [-0.3, -0.25) is 0 Å². The molecule has 0 aliphatic heterocycles. The van der Waals surface area contributed by atoms with Gasteiger partial charge in [-0.2, -0.15) is 0 Å². The molecule has 0 aliphatic rings. The van der Waals surface area contributed by atoms with Gasteiger partial charge in [0.2, 0.25) is 0 Å². The minimum Gasteiger partial charge on any atom is -0.507 e. The third-order valence-electron chi connectivity index (χ3n) is 4.63. The van der Waals surface area contributed by atoms with Gasteiger partial charge < -0.3 is 10.4 Å². The van der Waals surface area contributed by atoms with Crippen molar-refractivity contribution in [3.8, 4) is 5.75 Å². The standard InChI is InChI=1S/C24H27NOS/c26-23-14-7-8-15-24(23)27-19-9-17-25-18-16-22(20-10-3-1-4-11-20)21-12-5-2-6-13-21/h1-8,10-15,22,25-26H,9,16-19H2. The van der Waals surface area contributed by atoms with E-state index in [0.717, 1.165) is 36.6 Å². The zero-order valence-electron chi connectivity index (χ0n) is 15.6. The molecule has 0 saturated carbocycles. The van der Waals surface area contributed by atoms with E-state index in [1.807, 2.05) is 18.2 Å². The first-order chi connectivity index (χ1) is 13.3. The highest BCUT2D eigenvalue weighted by Gasteiger charge is 2.13. The smallest absolute Gasteiger partial charge is 0.129 e. The van der Waals surface area contributed by atoms with Gasteiger partial charge in [-0.1, -0.05) is 72.8 Å². The van der Waals surface area contributed by atoms with Gasteiger partial charge in [-0.05, 0) is 54.9 Å². The Hall–Kier alpha value is -2.23. The predicted molar refractivity (Wildman–Crippen MR) is 116 cm³/mol. The van der Waals surface area contributed by atoms with Gasteiger partial charge in [0.15, 0.2) is 0 Å². The van der Waals surface area contributed by atoms with E-state index >= 15 is 0 Å². The first-order valence-electron chi connectivity index (χ1n) is 9.56. The van der Waals surface area contributed by atoms with Gasteiger partial charge in [0, 0.05) is 10.8 Å². The number of hydrogen-bond acceptors (Lipinski definition) is 3. The van der Waals surface area contributed by atoms with Crippen molar-refractivity contribution in [3.05, 3.63) is 96.1 Å². The molecule has 140 valence electrons.